The second-order valence-corrected chi connectivity index (χ2v) is 10.2. The van der Waals surface area contributed by atoms with Crippen LogP contribution in [0.1, 0.15) is 56.2 Å². The van der Waals surface area contributed by atoms with Gasteiger partial charge in [-0.3, -0.25) is 0 Å². The molecule has 0 aliphatic rings. The van der Waals surface area contributed by atoms with Gasteiger partial charge in [-0.25, -0.2) is 8.42 Å². The lowest BCUT2D eigenvalue weighted by molar-refractivity contribution is -0.115. The Hall–Kier alpha value is -2.40. The van der Waals surface area contributed by atoms with Gasteiger partial charge in [-0.15, -0.1) is 0 Å². The van der Waals surface area contributed by atoms with Crippen molar-refractivity contribution < 1.29 is 17.9 Å². The molecule has 31 heavy (non-hydrogen) atoms. The molecule has 2 rings (SSSR count). The lowest BCUT2D eigenvalue weighted by Crippen LogP contribution is -2.32. The van der Waals surface area contributed by atoms with Crippen LogP contribution in [-0.4, -0.2) is 27.6 Å². The Balaban J connectivity index is 2.43. The van der Waals surface area contributed by atoms with E-state index in [2.05, 4.69) is 0 Å². The van der Waals surface area contributed by atoms with Crippen LogP contribution in [0.5, 0.6) is 5.75 Å². The first-order valence-electron chi connectivity index (χ1n) is 10.8. The Morgan fingerprint density at radius 1 is 1.10 bits per heavy atom. The Labute approximate surface area is 187 Å². The van der Waals surface area contributed by atoms with Gasteiger partial charge in [-0.2, -0.15) is 0 Å². The van der Waals surface area contributed by atoms with E-state index in [4.69, 9.17) is 4.74 Å². The number of aldehydes is 1. The van der Waals surface area contributed by atoms with Crippen molar-refractivity contribution in [2.24, 2.45) is 5.41 Å². The molecule has 0 aliphatic carbocycles. The molecule has 168 valence electrons. The Morgan fingerprint density at radius 2 is 1.81 bits per heavy atom. The average Bonchev–Trinajstić information content (AvgIpc) is 2.76. The largest absolute Gasteiger partial charge is 0.497 e. The lowest BCUT2D eigenvalue weighted by Gasteiger charge is -2.27. The number of unbranched alkanes of at least 4 members (excludes halogenated alkanes) is 1. The van der Waals surface area contributed by atoms with Gasteiger partial charge in [0.25, 0.3) is 0 Å². The van der Waals surface area contributed by atoms with Crippen molar-refractivity contribution in [3.8, 4) is 5.75 Å². The molecule has 0 saturated carbocycles. The van der Waals surface area contributed by atoms with E-state index >= 15 is 0 Å². The Morgan fingerprint density at radius 3 is 2.39 bits per heavy atom. The van der Waals surface area contributed by atoms with Crippen LogP contribution in [0.4, 0.5) is 0 Å². The summed E-state index contributed by atoms with van der Waals surface area (Å²) in [6.07, 6.45) is 7.86. The van der Waals surface area contributed by atoms with E-state index in [0.717, 1.165) is 41.6 Å². The monoisotopic (exact) mass is 442 g/mol. The number of hydrogen-bond acceptors (Lipinski definition) is 4. The van der Waals surface area contributed by atoms with E-state index in [1.165, 1.54) is 0 Å². The summed E-state index contributed by atoms with van der Waals surface area (Å²) >= 11 is 0. The van der Waals surface area contributed by atoms with Crippen molar-refractivity contribution in [2.45, 2.75) is 57.8 Å². The van der Waals surface area contributed by atoms with Gasteiger partial charge in [0.15, 0.2) is 9.84 Å². The van der Waals surface area contributed by atoms with Crippen molar-refractivity contribution >= 4 is 16.1 Å². The van der Waals surface area contributed by atoms with Gasteiger partial charge in [0.05, 0.1) is 17.8 Å². The molecule has 4 nitrogen and oxygen atoms in total. The van der Waals surface area contributed by atoms with E-state index in [9.17, 15) is 13.2 Å². The van der Waals surface area contributed by atoms with Crippen LogP contribution in [0.25, 0.3) is 0 Å². The van der Waals surface area contributed by atoms with Crippen LogP contribution in [-0.2, 0) is 21.1 Å². The second kappa shape index (κ2) is 11.3. The van der Waals surface area contributed by atoms with Crippen LogP contribution in [0.3, 0.4) is 0 Å². The van der Waals surface area contributed by atoms with E-state index < -0.39 is 15.3 Å². The van der Waals surface area contributed by atoms with Crippen molar-refractivity contribution in [2.75, 3.05) is 12.9 Å². The molecule has 0 fully saturated rings. The molecule has 1 atom stereocenters. The quantitative estimate of drug-likeness (QED) is 0.312. The normalized spacial score (nSPS) is 13.8. The maximum Gasteiger partial charge on any atom is 0.179 e. The van der Waals surface area contributed by atoms with Crippen LogP contribution in [0.2, 0.25) is 0 Å². The highest BCUT2D eigenvalue weighted by Crippen LogP contribution is 2.33. The zero-order valence-corrected chi connectivity index (χ0v) is 19.9. The Kier molecular flexibility index (Phi) is 9.05. The molecular weight excluding hydrogens is 408 g/mol. The minimum absolute atomic E-state index is 0.174. The van der Waals surface area contributed by atoms with Gasteiger partial charge in [0.2, 0.25) is 0 Å². The lowest BCUT2D eigenvalue weighted by atomic mass is 9.83. The Bertz CT molecular complexity index is 991. The highest BCUT2D eigenvalue weighted by Gasteiger charge is 2.35. The van der Waals surface area contributed by atoms with Crippen molar-refractivity contribution in [3.05, 3.63) is 71.3 Å². The summed E-state index contributed by atoms with van der Waals surface area (Å²) in [5, 5.41) is 0. The zero-order chi connectivity index (χ0) is 22.9. The minimum atomic E-state index is -3.66. The summed E-state index contributed by atoms with van der Waals surface area (Å²) in [4.78, 5) is 12.4. The van der Waals surface area contributed by atoms with Crippen LogP contribution in [0, 0.1) is 12.3 Å². The standard InChI is InChI=1S/C26H34O4S/c1-5-7-15-26(19-27,16-8-6-2)20-31(28,29)25-14-9-21(3)17-23(25)18-22-10-12-24(30-4)13-11-22/h5,7,9-14,17,19H,6,8,15-16,18,20H2,1-4H3/b7-5+. The first-order chi connectivity index (χ1) is 14.8. The third-order valence-corrected chi connectivity index (χ3v) is 7.64. The van der Waals surface area contributed by atoms with Gasteiger partial charge in [0.1, 0.15) is 12.0 Å². The van der Waals surface area contributed by atoms with E-state index in [1.54, 1.807) is 13.2 Å². The third kappa shape index (κ3) is 6.79. The molecule has 0 aromatic heterocycles. The molecule has 0 N–H and O–H groups in total. The fourth-order valence-corrected chi connectivity index (χ4v) is 5.87. The summed E-state index contributed by atoms with van der Waals surface area (Å²) in [7, 11) is -2.04. The number of benzene rings is 2. The maximum atomic E-state index is 13.6. The number of allylic oxidation sites excluding steroid dienone is 2. The second-order valence-electron chi connectivity index (χ2n) is 8.25. The van der Waals surface area contributed by atoms with Crippen molar-refractivity contribution in [1.29, 1.82) is 0 Å². The first-order valence-corrected chi connectivity index (χ1v) is 12.5. The molecule has 2 aromatic carbocycles. The number of carbonyl (C=O) groups is 1. The van der Waals surface area contributed by atoms with Gasteiger partial charge in [-0.1, -0.05) is 61.7 Å². The van der Waals surface area contributed by atoms with Crippen LogP contribution in [0.15, 0.2) is 59.5 Å². The zero-order valence-electron chi connectivity index (χ0n) is 19.1. The number of carbonyl (C=O) groups excluding carboxylic acids is 1. The number of rotatable bonds is 12. The molecule has 0 amide bonds. The summed E-state index contributed by atoms with van der Waals surface area (Å²) in [6.45, 7) is 5.89. The predicted octanol–water partition coefficient (Wildman–Crippen LogP) is 5.71. The highest BCUT2D eigenvalue weighted by atomic mass is 32.2. The molecule has 0 spiro atoms. The number of hydrogen-bond donors (Lipinski definition) is 0. The number of aryl methyl sites for hydroxylation is 1. The SMILES string of the molecule is C/C=C/CC(C=O)(CCCC)CS(=O)(=O)c1ccc(C)cc1Cc1ccc(OC)cc1. The average molecular weight is 443 g/mol. The molecular formula is C26H34O4S. The summed E-state index contributed by atoms with van der Waals surface area (Å²) in [5.41, 5.74) is 1.86. The number of ether oxygens (including phenoxy) is 1. The summed E-state index contributed by atoms with van der Waals surface area (Å²) < 4.78 is 32.3. The fourth-order valence-electron chi connectivity index (χ4n) is 3.82. The van der Waals surface area contributed by atoms with Crippen LogP contribution >= 0.6 is 0 Å². The molecule has 0 aliphatic heterocycles. The predicted molar refractivity (Wildman–Crippen MR) is 126 cm³/mol. The molecule has 5 heteroatoms. The van der Waals surface area contributed by atoms with Gasteiger partial charge >= 0.3 is 0 Å². The van der Waals surface area contributed by atoms with Gasteiger partial charge < -0.3 is 9.53 Å². The number of methoxy groups -OCH3 is 1. The van der Waals surface area contributed by atoms with Gasteiger partial charge in [0, 0.05) is 5.41 Å². The van der Waals surface area contributed by atoms with Crippen molar-refractivity contribution in [1.82, 2.24) is 0 Å². The summed E-state index contributed by atoms with van der Waals surface area (Å²) in [6, 6.07) is 13.1. The minimum Gasteiger partial charge on any atom is -0.497 e. The molecule has 2 aromatic rings. The van der Waals surface area contributed by atoms with E-state index in [-0.39, 0.29) is 5.75 Å². The van der Waals surface area contributed by atoms with Crippen molar-refractivity contribution in [3.63, 3.8) is 0 Å². The van der Waals surface area contributed by atoms with Crippen LogP contribution < -0.4 is 4.74 Å². The highest BCUT2D eigenvalue weighted by molar-refractivity contribution is 7.91. The maximum absolute atomic E-state index is 13.6. The van der Waals surface area contributed by atoms with Gasteiger partial charge in [-0.05, 0) is 62.4 Å². The smallest absolute Gasteiger partial charge is 0.179 e. The topological polar surface area (TPSA) is 60.4 Å². The molecule has 0 radical (unpaired) electrons. The molecule has 0 saturated heterocycles. The fraction of sp³-hybridized carbons (Fsp3) is 0.423. The first kappa shape index (κ1) is 24.9. The number of sulfone groups is 1. The third-order valence-electron chi connectivity index (χ3n) is 5.62. The molecule has 1 unspecified atom stereocenters. The summed E-state index contributed by atoms with van der Waals surface area (Å²) in [5.74, 6) is 0.587. The molecule has 0 heterocycles. The van der Waals surface area contributed by atoms with E-state index in [0.29, 0.717) is 24.2 Å². The van der Waals surface area contributed by atoms with E-state index in [1.807, 2.05) is 69.3 Å². The molecule has 0 bridgehead atoms.